The van der Waals surface area contributed by atoms with Gasteiger partial charge in [-0.2, -0.15) is 0 Å². The predicted octanol–water partition coefficient (Wildman–Crippen LogP) is -0.0887. The zero-order valence-corrected chi connectivity index (χ0v) is 35.6. The normalized spacial score (nSPS) is 12.2. The fourth-order valence-electron chi connectivity index (χ4n) is 4.84. The van der Waals surface area contributed by atoms with Crippen molar-refractivity contribution in [2.75, 3.05) is 85.6 Å². The molecule has 0 saturated heterocycles. The number of nitrogens with one attached hydrogen (secondary N) is 5. The zero-order valence-electron chi connectivity index (χ0n) is 35.6. The van der Waals surface area contributed by atoms with Gasteiger partial charge in [0, 0.05) is 57.4 Å². The molecule has 0 aromatic carbocycles. The van der Waals surface area contributed by atoms with E-state index in [-0.39, 0.29) is 119 Å². The number of unbranched alkanes of at least 4 members (excludes halogenated alkanes) is 3. The van der Waals surface area contributed by atoms with E-state index in [1.54, 1.807) is 13.8 Å². The van der Waals surface area contributed by atoms with Crippen molar-refractivity contribution in [2.24, 2.45) is 29.0 Å². The molecule has 3 atom stereocenters. The second kappa shape index (κ2) is 39.9. The summed E-state index contributed by atoms with van der Waals surface area (Å²) in [5.41, 5.74) is 16.4. The van der Waals surface area contributed by atoms with Crippen LogP contribution in [0.2, 0.25) is 0 Å². The van der Waals surface area contributed by atoms with Crippen molar-refractivity contribution < 1.29 is 52.5 Å². The molecule has 0 bridgehead atoms. The molecule has 19 nitrogen and oxygen atoms in total. The lowest BCUT2D eigenvalue weighted by molar-refractivity contribution is -0.127. The molecule has 0 aliphatic rings. The van der Waals surface area contributed by atoms with Crippen molar-refractivity contribution in [1.82, 2.24) is 26.6 Å². The average molecular weight is 833 g/mol. The third-order valence-electron chi connectivity index (χ3n) is 8.48. The highest BCUT2D eigenvalue weighted by atomic mass is 16.5. The SMILES string of the molecule is CC.C[C@@H](CCCCNC(=O)COCCOCCNC(=O)COCCOCCNC(=O)CCCC(=O)NCCCC[C@H](N)C(=O)NCCCC[C@H](C)C(N)=O)C(N)=O. The maximum Gasteiger partial charge on any atom is 0.246 e. The highest BCUT2D eigenvalue weighted by Gasteiger charge is 2.13. The molecule has 0 unspecified atom stereocenters. The van der Waals surface area contributed by atoms with Gasteiger partial charge < -0.3 is 62.7 Å². The summed E-state index contributed by atoms with van der Waals surface area (Å²) in [6.07, 6.45) is 7.17. The lowest BCUT2D eigenvalue weighted by atomic mass is 10.0. The third-order valence-corrected chi connectivity index (χ3v) is 8.48. The van der Waals surface area contributed by atoms with Crippen LogP contribution in [-0.2, 0) is 52.5 Å². The van der Waals surface area contributed by atoms with Crippen molar-refractivity contribution in [3.63, 3.8) is 0 Å². The number of carbonyl (C=O) groups is 7. The Morgan fingerprint density at radius 3 is 1.26 bits per heavy atom. The standard InChI is InChI=1S/C37H70N8O11.C2H6/c1-28(35(39)50)10-3-6-16-42-33(48)26-55-24-23-54-21-19-44-34(49)27-56-25-22-53-20-18-43-32(47)14-9-13-31(46)41-15-8-5-12-30(38)37(52)45-17-7-4-11-29(2)36(40)51;1-2/h28-30H,3-27,38H2,1-2H3,(H2,39,50)(H2,40,51)(H,41,46)(H,42,48)(H,43,47)(H,44,49)(H,45,52);1-2H3/t28-,29-,30-;/m0./s1. The van der Waals surface area contributed by atoms with E-state index >= 15 is 0 Å². The molecule has 0 heterocycles. The summed E-state index contributed by atoms with van der Waals surface area (Å²) in [6, 6.07) is -0.618. The monoisotopic (exact) mass is 833 g/mol. The highest BCUT2D eigenvalue weighted by molar-refractivity contribution is 5.81. The van der Waals surface area contributed by atoms with Crippen LogP contribution in [0.1, 0.15) is 105 Å². The van der Waals surface area contributed by atoms with Gasteiger partial charge in [-0.1, -0.05) is 40.5 Å². The Balaban J connectivity index is 0. The van der Waals surface area contributed by atoms with Crippen molar-refractivity contribution in [3.8, 4) is 0 Å². The molecular weight excluding hydrogens is 756 g/mol. The summed E-state index contributed by atoms with van der Waals surface area (Å²) in [7, 11) is 0. The Hall–Kier alpha value is -3.91. The summed E-state index contributed by atoms with van der Waals surface area (Å²) >= 11 is 0. The molecule has 0 radical (unpaired) electrons. The number of hydrogen-bond donors (Lipinski definition) is 8. The molecule has 7 amide bonds. The van der Waals surface area contributed by atoms with Crippen LogP contribution in [0.5, 0.6) is 0 Å². The Bertz CT molecular complexity index is 1130. The number of hydrogen-bond acceptors (Lipinski definition) is 12. The molecule has 0 aromatic rings. The van der Waals surface area contributed by atoms with Crippen LogP contribution in [-0.4, -0.2) is 133 Å². The number of rotatable bonds is 38. The molecule has 0 fully saturated rings. The van der Waals surface area contributed by atoms with E-state index in [2.05, 4.69) is 26.6 Å². The van der Waals surface area contributed by atoms with Gasteiger partial charge in [-0.05, 0) is 51.4 Å². The maximum atomic E-state index is 12.1. The molecule has 0 aromatic heterocycles. The van der Waals surface area contributed by atoms with E-state index in [9.17, 15) is 33.6 Å². The third kappa shape index (κ3) is 37.7. The van der Waals surface area contributed by atoms with Gasteiger partial charge >= 0.3 is 0 Å². The van der Waals surface area contributed by atoms with E-state index in [0.29, 0.717) is 71.2 Å². The smallest absolute Gasteiger partial charge is 0.246 e. The first-order valence-corrected chi connectivity index (χ1v) is 20.8. The minimum Gasteiger partial charge on any atom is -0.377 e. The zero-order chi connectivity index (χ0) is 43.8. The van der Waals surface area contributed by atoms with Crippen molar-refractivity contribution in [2.45, 2.75) is 111 Å². The van der Waals surface area contributed by atoms with Gasteiger partial charge in [0.05, 0.1) is 45.7 Å². The molecule has 0 saturated carbocycles. The molecule has 0 spiro atoms. The average Bonchev–Trinajstić information content (AvgIpc) is 3.19. The second-order valence-corrected chi connectivity index (χ2v) is 13.6. The van der Waals surface area contributed by atoms with E-state index in [4.69, 9.17) is 36.1 Å². The van der Waals surface area contributed by atoms with Crippen LogP contribution < -0.4 is 43.8 Å². The number of ether oxygens (including phenoxy) is 4. The first-order valence-electron chi connectivity index (χ1n) is 20.8. The van der Waals surface area contributed by atoms with E-state index in [0.717, 1.165) is 25.7 Å². The van der Waals surface area contributed by atoms with E-state index in [1.807, 2.05) is 13.8 Å². The summed E-state index contributed by atoms with van der Waals surface area (Å²) in [6.45, 7) is 10.9. The van der Waals surface area contributed by atoms with Crippen molar-refractivity contribution in [1.29, 1.82) is 0 Å². The first-order chi connectivity index (χ1) is 27.8. The van der Waals surface area contributed by atoms with Crippen LogP contribution in [0.25, 0.3) is 0 Å². The van der Waals surface area contributed by atoms with Crippen LogP contribution in [0, 0.1) is 11.8 Å². The van der Waals surface area contributed by atoms with Crippen LogP contribution in [0.15, 0.2) is 0 Å². The summed E-state index contributed by atoms with van der Waals surface area (Å²) in [4.78, 5) is 81.8. The summed E-state index contributed by atoms with van der Waals surface area (Å²) < 4.78 is 21.3. The number of primary amides is 2. The van der Waals surface area contributed by atoms with Gasteiger partial charge in [-0.15, -0.1) is 0 Å². The lowest BCUT2D eigenvalue weighted by Crippen LogP contribution is -2.41. The number of amides is 7. The minimum absolute atomic E-state index is 0.0772. The highest BCUT2D eigenvalue weighted by Crippen LogP contribution is 2.07. The fraction of sp³-hybridized carbons (Fsp3) is 0.821. The molecule has 338 valence electrons. The maximum absolute atomic E-state index is 12.1. The summed E-state index contributed by atoms with van der Waals surface area (Å²) in [5, 5.41) is 13.8. The number of carbonyl (C=O) groups excluding carboxylic acids is 7. The molecule has 0 rings (SSSR count). The topological polar surface area (TPSA) is 295 Å². The van der Waals surface area contributed by atoms with Crippen LogP contribution in [0.4, 0.5) is 0 Å². The van der Waals surface area contributed by atoms with Crippen LogP contribution in [0.3, 0.4) is 0 Å². The van der Waals surface area contributed by atoms with Gasteiger partial charge in [0.25, 0.3) is 0 Å². The second-order valence-electron chi connectivity index (χ2n) is 13.6. The van der Waals surface area contributed by atoms with Crippen molar-refractivity contribution >= 4 is 41.4 Å². The minimum atomic E-state index is -0.618. The van der Waals surface area contributed by atoms with Gasteiger partial charge in [0.2, 0.25) is 41.4 Å². The summed E-state index contributed by atoms with van der Waals surface area (Å²) in [5.74, 6) is -2.05. The number of nitrogens with two attached hydrogens (primary N) is 3. The molecule has 0 aliphatic carbocycles. The van der Waals surface area contributed by atoms with Crippen LogP contribution >= 0.6 is 0 Å². The Labute approximate surface area is 345 Å². The van der Waals surface area contributed by atoms with Gasteiger partial charge in [0.15, 0.2) is 0 Å². The van der Waals surface area contributed by atoms with Gasteiger partial charge in [-0.3, -0.25) is 33.6 Å². The quantitative estimate of drug-likeness (QED) is 0.0379. The molecule has 19 heteroatoms. The molecule has 11 N–H and O–H groups in total. The molecular formula is C39H76N8O11. The van der Waals surface area contributed by atoms with E-state index in [1.165, 1.54) is 0 Å². The van der Waals surface area contributed by atoms with Gasteiger partial charge in [0.1, 0.15) is 13.2 Å². The van der Waals surface area contributed by atoms with Gasteiger partial charge in [-0.25, -0.2) is 0 Å². The largest absolute Gasteiger partial charge is 0.377 e. The Morgan fingerprint density at radius 1 is 0.448 bits per heavy atom. The predicted molar refractivity (Wildman–Crippen MR) is 220 cm³/mol. The molecule has 58 heavy (non-hydrogen) atoms. The first kappa shape index (κ1) is 56.2. The van der Waals surface area contributed by atoms with Crippen molar-refractivity contribution in [3.05, 3.63) is 0 Å². The molecule has 0 aliphatic heterocycles. The van der Waals surface area contributed by atoms with E-state index < -0.39 is 6.04 Å². The fourth-order valence-corrected chi connectivity index (χ4v) is 4.84. The Morgan fingerprint density at radius 2 is 0.810 bits per heavy atom. The lowest BCUT2D eigenvalue weighted by Gasteiger charge is -2.13. The Kier molecular flexibility index (Phi) is 38.6.